The number of nitrogens with zero attached hydrogens (tertiary/aromatic N) is 1. The van der Waals surface area contributed by atoms with E-state index in [1.807, 2.05) is 0 Å². The fraction of sp³-hybridized carbons (Fsp3) is 1.00. The largest absolute Gasteiger partial charge is 0.315 e. The minimum absolute atomic E-state index is 0.766. The van der Waals surface area contributed by atoms with Crippen LogP contribution in [-0.4, -0.2) is 36.6 Å². The first-order chi connectivity index (χ1) is 9.58. The van der Waals surface area contributed by atoms with Gasteiger partial charge in [-0.25, -0.2) is 0 Å². The number of rotatable bonds is 5. The Morgan fingerprint density at radius 3 is 2.55 bits per heavy atom. The Hall–Kier alpha value is -0.0800. The summed E-state index contributed by atoms with van der Waals surface area (Å²) in [7, 11) is 0. The second-order valence-electron chi connectivity index (χ2n) is 7.86. The normalized spacial score (nSPS) is 36.5. The third-order valence-corrected chi connectivity index (χ3v) is 5.64. The molecule has 0 aromatic rings. The van der Waals surface area contributed by atoms with Crippen molar-refractivity contribution in [3.05, 3.63) is 0 Å². The van der Waals surface area contributed by atoms with E-state index in [2.05, 4.69) is 37.9 Å². The van der Waals surface area contributed by atoms with E-state index in [1.54, 1.807) is 0 Å². The molecule has 0 bridgehead atoms. The highest BCUT2D eigenvalue weighted by molar-refractivity contribution is 4.88. The van der Waals surface area contributed by atoms with Crippen molar-refractivity contribution in [2.75, 3.05) is 19.6 Å². The second kappa shape index (κ2) is 7.79. The van der Waals surface area contributed by atoms with Crippen molar-refractivity contribution in [2.45, 2.75) is 78.3 Å². The number of hydrogen-bond acceptors (Lipinski definition) is 2. The molecule has 1 saturated carbocycles. The quantitative estimate of drug-likeness (QED) is 0.821. The summed E-state index contributed by atoms with van der Waals surface area (Å²) in [5, 5.41) is 3.70. The van der Waals surface area contributed by atoms with E-state index in [-0.39, 0.29) is 0 Å². The van der Waals surface area contributed by atoms with Crippen LogP contribution in [0, 0.1) is 17.8 Å². The van der Waals surface area contributed by atoms with E-state index in [0.29, 0.717) is 0 Å². The van der Waals surface area contributed by atoms with Crippen molar-refractivity contribution in [2.24, 2.45) is 17.8 Å². The average molecular weight is 280 g/mol. The molecule has 2 nitrogen and oxygen atoms in total. The number of nitrogens with one attached hydrogen (secondary N) is 1. The van der Waals surface area contributed by atoms with E-state index >= 15 is 0 Å². The topological polar surface area (TPSA) is 15.3 Å². The molecule has 0 radical (unpaired) electrons. The molecular formula is C18H36N2. The molecule has 4 unspecified atom stereocenters. The van der Waals surface area contributed by atoms with E-state index in [9.17, 15) is 0 Å². The van der Waals surface area contributed by atoms with Crippen molar-refractivity contribution < 1.29 is 0 Å². The lowest BCUT2D eigenvalue weighted by Crippen LogP contribution is -2.52. The minimum Gasteiger partial charge on any atom is -0.315 e. The van der Waals surface area contributed by atoms with Gasteiger partial charge in [-0.15, -0.1) is 0 Å². The number of piperidine rings is 1. The molecule has 118 valence electrons. The lowest BCUT2D eigenvalue weighted by Gasteiger charge is -2.45. The van der Waals surface area contributed by atoms with Crippen LogP contribution in [0.3, 0.4) is 0 Å². The molecule has 20 heavy (non-hydrogen) atoms. The summed E-state index contributed by atoms with van der Waals surface area (Å²) < 4.78 is 0. The molecule has 1 aliphatic carbocycles. The van der Waals surface area contributed by atoms with Gasteiger partial charge in [0.25, 0.3) is 0 Å². The molecule has 0 spiro atoms. The molecular weight excluding hydrogens is 244 g/mol. The summed E-state index contributed by atoms with van der Waals surface area (Å²) in [6, 6.07) is 1.67. The summed E-state index contributed by atoms with van der Waals surface area (Å²) >= 11 is 0. The third kappa shape index (κ3) is 4.46. The lowest BCUT2D eigenvalue weighted by molar-refractivity contribution is 0.0472. The van der Waals surface area contributed by atoms with Gasteiger partial charge in [0.2, 0.25) is 0 Å². The van der Waals surface area contributed by atoms with Gasteiger partial charge in [-0.2, -0.15) is 0 Å². The summed E-state index contributed by atoms with van der Waals surface area (Å²) in [6.45, 7) is 13.2. The Morgan fingerprint density at radius 1 is 1.05 bits per heavy atom. The zero-order valence-electron chi connectivity index (χ0n) is 14.2. The van der Waals surface area contributed by atoms with Gasteiger partial charge in [-0.1, -0.05) is 34.1 Å². The molecule has 2 fully saturated rings. The molecule has 0 aromatic carbocycles. The smallest absolute Gasteiger partial charge is 0.0223 e. The van der Waals surface area contributed by atoms with E-state index in [4.69, 9.17) is 0 Å². The van der Waals surface area contributed by atoms with Crippen molar-refractivity contribution in [1.82, 2.24) is 10.2 Å². The van der Waals surface area contributed by atoms with Crippen LogP contribution in [0.2, 0.25) is 0 Å². The van der Waals surface area contributed by atoms with Gasteiger partial charge < -0.3 is 5.32 Å². The van der Waals surface area contributed by atoms with Gasteiger partial charge in [0.15, 0.2) is 0 Å². The van der Waals surface area contributed by atoms with Gasteiger partial charge in [0.05, 0.1) is 0 Å². The van der Waals surface area contributed by atoms with Crippen LogP contribution in [0.5, 0.6) is 0 Å². The molecule has 2 aliphatic rings. The fourth-order valence-electron chi connectivity index (χ4n) is 4.08. The first-order valence-electron chi connectivity index (χ1n) is 9.04. The van der Waals surface area contributed by atoms with Gasteiger partial charge in [-0.3, -0.25) is 4.90 Å². The van der Waals surface area contributed by atoms with E-state index in [0.717, 1.165) is 29.8 Å². The van der Waals surface area contributed by atoms with Gasteiger partial charge in [0, 0.05) is 18.6 Å². The highest BCUT2D eigenvalue weighted by atomic mass is 15.2. The fourth-order valence-corrected chi connectivity index (χ4v) is 4.08. The SMILES string of the molecule is CC(C)CNCC1CCCCN1C1CCC(C)C(C)C1. The molecule has 4 atom stereocenters. The summed E-state index contributed by atoms with van der Waals surface area (Å²) in [6.07, 6.45) is 8.57. The molecule has 0 aromatic heterocycles. The maximum atomic E-state index is 3.70. The minimum atomic E-state index is 0.766. The third-order valence-electron chi connectivity index (χ3n) is 5.64. The van der Waals surface area contributed by atoms with Crippen molar-refractivity contribution in [3.63, 3.8) is 0 Å². The Balaban J connectivity index is 1.86. The van der Waals surface area contributed by atoms with Gasteiger partial charge >= 0.3 is 0 Å². The van der Waals surface area contributed by atoms with Crippen molar-refractivity contribution >= 4 is 0 Å². The van der Waals surface area contributed by atoms with E-state index in [1.165, 1.54) is 58.2 Å². The Labute approximate surface area is 126 Å². The zero-order valence-corrected chi connectivity index (χ0v) is 14.2. The molecule has 2 rings (SSSR count). The summed E-state index contributed by atoms with van der Waals surface area (Å²) in [5.41, 5.74) is 0. The summed E-state index contributed by atoms with van der Waals surface area (Å²) in [4.78, 5) is 2.87. The predicted octanol–water partition coefficient (Wildman–Crippen LogP) is 3.91. The number of likely N-dealkylation sites (tertiary alicyclic amines) is 1. The Kier molecular flexibility index (Phi) is 6.35. The zero-order chi connectivity index (χ0) is 14.5. The van der Waals surface area contributed by atoms with Crippen LogP contribution in [-0.2, 0) is 0 Å². The van der Waals surface area contributed by atoms with Crippen LogP contribution >= 0.6 is 0 Å². The van der Waals surface area contributed by atoms with Crippen LogP contribution in [0.4, 0.5) is 0 Å². The molecule has 1 heterocycles. The highest BCUT2D eigenvalue weighted by Crippen LogP contribution is 2.34. The second-order valence-corrected chi connectivity index (χ2v) is 7.86. The van der Waals surface area contributed by atoms with Crippen LogP contribution < -0.4 is 5.32 Å². The van der Waals surface area contributed by atoms with E-state index < -0.39 is 0 Å². The molecule has 0 amide bonds. The van der Waals surface area contributed by atoms with Crippen LogP contribution in [0.1, 0.15) is 66.2 Å². The van der Waals surface area contributed by atoms with Gasteiger partial charge in [-0.05, 0) is 62.9 Å². The average Bonchev–Trinajstić information content (AvgIpc) is 2.42. The molecule has 2 heteroatoms. The highest BCUT2D eigenvalue weighted by Gasteiger charge is 2.33. The molecule has 1 saturated heterocycles. The number of hydrogen-bond donors (Lipinski definition) is 1. The molecule has 1 aliphatic heterocycles. The van der Waals surface area contributed by atoms with Crippen LogP contribution in [0.25, 0.3) is 0 Å². The Morgan fingerprint density at radius 2 is 1.85 bits per heavy atom. The standard InChI is InChI=1S/C18H36N2/c1-14(2)12-19-13-18-7-5-6-10-20(18)17-9-8-15(3)16(4)11-17/h14-19H,5-13H2,1-4H3. The molecule has 1 N–H and O–H groups in total. The maximum absolute atomic E-state index is 3.70. The first-order valence-corrected chi connectivity index (χ1v) is 9.04. The maximum Gasteiger partial charge on any atom is 0.0223 e. The lowest BCUT2D eigenvalue weighted by atomic mass is 9.77. The van der Waals surface area contributed by atoms with Crippen molar-refractivity contribution in [1.29, 1.82) is 0 Å². The predicted molar refractivity (Wildman–Crippen MR) is 88.0 cm³/mol. The van der Waals surface area contributed by atoms with Gasteiger partial charge in [0.1, 0.15) is 0 Å². The first kappa shape index (κ1) is 16.3. The van der Waals surface area contributed by atoms with Crippen molar-refractivity contribution in [3.8, 4) is 0 Å². The monoisotopic (exact) mass is 280 g/mol. The summed E-state index contributed by atoms with van der Waals surface area (Å²) in [5.74, 6) is 2.62. The Bertz CT molecular complexity index is 277. The van der Waals surface area contributed by atoms with Crippen LogP contribution in [0.15, 0.2) is 0 Å².